The minimum Gasteiger partial charge on any atom is -0.489 e. The lowest BCUT2D eigenvalue weighted by Crippen LogP contribution is -2.12. The van der Waals surface area contributed by atoms with Crippen molar-refractivity contribution in [1.82, 2.24) is 0 Å². The Bertz CT molecular complexity index is 1040. The summed E-state index contributed by atoms with van der Waals surface area (Å²) in [6.07, 6.45) is -4.63. The summed E-state index contributed by atoms with van der Waals surface area (Å²) in [6.45, 7) is 2.27. The zero-order valence-corrected chi connectivity index (χ0v) is 18.3. The Hall–Kier alpha value is -2.93. The second-order valence-corrected chi connectivity index (χ2v) is 8.12. The first kappa shape index (κ1) is 23.7. The van der Waals surface area contributed by atoms with Gasteiger partial charge in [0.05, 0.1) is 12.2 Å². The molecular formula is C25H23F3O3S. The third-order valence-electron chi connectivity index (χ3n) is 4.58. The number of hydrogen-bond acceptors (Lipinski definition) is 4. The summed E-state index contributed by atoms with van der Waals surface area (Å²) in [5.74, 6) is 0.132. The molecule has 0 saturated carbocycles. The van der Waals surface area contributed by atoms with Crippen LogP contribution in [-0.2, 0) is 28.7 Å². The molecule has 0 fully saturated rings. The second kappa shape index (κ2) is 11.1. The number of rotatable bonds is 9. The van der Waals surface area contributed by atoms with E-state index in [2.05, 4.69) is 0 Å². The number of carbonyl (C=O) groups excluding carboxylic acids is 1. The Morgan fingerprint density at radius 3 is 2.41 bits per heavy atom. The first-order chi connectivity index (χ1) is 15.3. The summed E-state index contributed by atoms with van der Waals surface area (Å²) >= 11 is 1.22. The highest BCUT2D eigenvalue weighted by molar-refractivity contribution is 7.99. The van der Waals surface area contributed by atoms with E-state index in [0.29, 0.717) is 17.3 Å². The molecular weight excluding hydrogens is 437 g/mol. The van der Waals surface area contributed by atoms with Crippen LogP contribution in [-0.4, -0.2) is 12.6 Å². The van der Waals surface area contributed by atoms with Gasteiger partial charge in [-0.15, -0.1) is 0 Å². The molecule has 0 spiro atoms. The van der Waals surface area contributed by atoms with Crippen LogP contribution in [0.2, 0.25) is 0 Å². The molecule has 0 aliphatic rings. The van der Waals surface area contributed by atoms with Gasteiger partial charge < -0.3 is 9.47 Å². The number of ether oxygens (including phenoxy) is 2. The van der Waals surface area contributed by atoms with E-state index in [1.54, 1.807) is 25.1 Å². The van der Waals surface area contributed by atoms with Gasteiger partial charge in [0.15, 0.2) is 0 Å². The van der Waals surface area contributed by atoms with Gasteiger partial charge in [0.1, 0.15) is 12.4 Å². The van der Waals surface area contributed by atoms with Crippen molar-refractivity contribution < 1.29 is 27.4 Å². The maximum absolute atomic E-state index is 13.6. The zero-order chi connectivity index (χ0) is 23.0. The highest BCUT2D eigenvalue weighted by Crippen LogP contribution is 2.37. The summed E-state index contributed by atoms with van der Waals surface area (Å²) in [6, 6.07) is 21.1. The molecule has 0 aliphatic heterocycles. The van der Waals surface area contributed by atoms with Crippen LogP contribution in [0.4, 0.5) is 13.2 Å². The molecule has 0 amide bonds. The van der Waals surface area contributed by atoms with E-state index in [4.69, 9.17) is 9.47 Å². The number of halogens is 3. The number of alkyl halides is 3. The first-order valence-corrected chi connectivity index (χ1v) is 11.0. The van der Waals surface area contributed by atoms with E-state index < -0.39 is 17.7 Å². The lowest BCUT2D eigenvalue weighted by Gasteiger charge is -2.15. The highest BCUT2D eigenvalue weighted by Gasteiger charge is 2.33. The van der Waals surface area contributed by atoms with Crippen molar-refractivity contribution in [2.24, 2.45) is 0 Å². The van der Waals surface area contributed by atoms with Crippen molar-refractivity contribution in [2.75, 3.05) is 6.61 Å². The van der Waals surface area contributed by atoms with Gasteiger partial charge in [-0.2, -0.15) is 13.2 Å². The fraction of sp³-hybridized carbons (Fsp3) is 0.240. The fourth-order valence-electron chi connectivity index (χ4n) is 3.08. The van der Waals surface area contributed by atoms with Crippen LogP contribution in [0.15, 0.2) is 82.6 Å². The zero-order valence-electron chi connectivity index (χ0n) is 17.5. The molecule has 7 heteroatoms. The largest absolute Gasteiger partial charge is 0.489 e. The lowest BCUT2D eigenvalue weighted by molar-refractivity contribution is -0.144. The van der Waals surface area contributed by atoms with Gasteiger partial charge in [0, 0.05) is 16.2 Å². The quantitative estimate of drug-likeness (QED) is 0.324. The predicted molar refractivity (Wildman–Crippen MR) is 118 cm³/mol. The van der Waals surface area contributed by atoms with Gasteiger partial charge in [0.2, 0.25) is 0 Å². The molecule has 0 bridgehead atoms. The molecule has 3 rings (SSSR count). The smallest absolute Gasteiger partial charge is 0.416 e. The third-order valence-corrected chi connectivity index (χ3v) is 5.56. The van der Waals surface area contributed by atoms with Crippen molar-refractivity contribution in [2.45, 2.75) is 42.3 Å². The Morgan fingerprint density at radius 1 is 0.938 bits per heavy atom. The van der Waals surface area contributed by atoms with Crippen molar-refractivity contribution >= 4 is 17.7 Å². The second-order valence-electron chi connectivity index (χ2n) is 6.97. The normalized spacial score (nSPS) is 11.2. The molecule has 0 heterocycles. The summed E-state index contributed by atoms with van der Waals surface area (Å²) in [4.78, 5) is 12.8. The number of hydrogen-bond donors (Lipinski definition) is 0. The summed E-state index contributed by atoms with van der Waals surface area (Å²) < 4.78 is 51.5. The molecule has 32 heavy (non-hydrogen) atoms. The molecule has 3 aromatic rings. The lowest BCUT2D eigenvalue weighted by atomic mass is 10.0. The average Bonchev–Trinajstić information content (AvgIpc) is 2.77. The molecule has 0 radical (unpaired) electrons. The van der Waals surface area contributed by atoms with Gasteiger partial charge in [0.25, 0.3) is 0 Å². The van der Waals surface area contributed by atoms with Gasteiger partial charge in [-0.1, -0.05) is 54.2 Å². The van der Waals surface area contributed by atoms with E-state index in [0.717, 1.165) is 16.5 Å². The van der Waals surface area contributed by atoms with E-state index in [-0.39, 0.29) is 25.0 Å². The van der Waals surface area contributed by atoms with Crippen LogP contribution in [0.5, 0.6) is 5.75 Å². The number of benzene rings is 3. The molecule has 0 saturated heterocycles. The van der Waals surface area contributed by atoms with Gasteiger partial charge >= 0.3 is 12.1 Å². The molecule has 0 unspecified atom stereocenters. The minimum absolute atomic E-state index is 0.0264. The van der Waals surface area contributed by atoms with Crippen LogP contribution >= 0.6 is 11.8 Å². The Kier molecular flexibility index (Phi) is 8.22. The Morgan fingerprint density at radius 2 is 1.69 bits per heavy atom. The molecule has 3 aromatic carbocycles. The molecule has 0 aliphatic carbocycles. The van der Waals surface area contributed by atoms with Gasteiger partial charge in [-0.05, 0) is 54.8 Å². The van der Waals surface area contributed by atoms with Crippen molar-refractivity contribution in [3.63, 3.8) is 0 Å². The summed E-state index contributed by atoms with van der Waals surface area (Å²) in [5, 5.41) is 0. The maximum Gasteiger partial charge on any atom is 0.416 e. The molecule has 0 atom stereocenters. The molecule has 168 valence electrons. The summed E-state index contributed by atoms with van der Waals surface area (Å²) in [5.41, 5.74) is 0.372. The van der Waals surface area contributed by atoms with Gasteiger partial charge in [-0.3, -0.25) is 4.79 Å². The molecule has 0 aromatic heterocycles. The SMILES string of the molecule is CCOC(=O)CCc1ccc(Sc2cccc(OCc3ccccc3)c2)cc1C(F)(F)F. The monoisotopic (exact) mass is 460 g/mol. The Balaban J connectivity index is 1.72. The van der Waals surface area contributed by atoms with Crippen molar-refractivity contribution in [3.05, 3.63) is 89.5 Å². The molecule has 3 nitrogen and oxygen atoms in total. The third kappa shape index (κ3) is 7.05. The van der Waals surface area contributed by atoms with Crippen LogP contribution in [0, 0.1) is 0 Å². The minimum atomic E-state index is -4.51. The van der Waals surface area contributed by atoms with E-state index in [1.165, 1.54) is 17.8 Å². The first-order valence-electron chi connectivity index (χ1n) is 10.2. The van der Waals surface area contributed by atoms with Crippen molar-refractivity contribution in [1.29, 1.82) is 0 Å². The number of carbonyl (C=O) groups is 1. The molecule has 0 N–H and O–H groups in total. The van der Waals surface area contributed by atoms with E-state index in [9.17, 15) is 18.0 Å². The van der Waals surface area contributed by atoms with Gasteiger partial charge in [-0.25, -0.2) is 0 Å². The van der Waals surface area contributed by atoms with Crippen LogP contribution in [0.3, 0.4) is 0 Å². The number of aryl methyl sites for hydroxylation is 1. The van der Waals surface area contributed by atoms with E-state index in [1.807, 2.05) is 42.5 Å². The predicted octanol–water partition coefficient (Wildman–Crippen LogP) is 6.93. The summed E-state index contributed by atoms with van der Waals surface area (Å²) in [7, 11) is 0. The van der Waals surface area contributed by atoms with Crippen molar-refractivity contribution in [3.8, 4) is 5.75 Å². The highest BCUT2D eigenvalue weighted by atomic mass is 32.2. The van der Waals surface area contributed by atoms with E-state index >= 15 is 0 Å². The fourth-order valence-corrected chi connectivity index (χ4v) is 3.98. The maximum atomic E-state index is 13.6. The van der Waals surface area contributed by atoms with Crippen LogP contribution < -0.4 is 4.74 Å². The number of esters is 1. The standard InChI is InChI=1S/C25H23F3O3S/c1-2-30-24(29)14-12-19-11-13-22(16-23(19)25(26,27)28)32-21-10-6-9-20(15-21)31-17-18-7-4-3-5-8-18/h3-11,13,15-16H,2,12,14,17H2,1H3. The van der Waals surface area contributed by atoms with Crippen LogP contribution in [0.1, 0.15) is 30.0 Å². The topological polar surface area (TPSA) is 35.5 Å². The van der Waals surface area contributed by atoms with Crippen LogP contribution in [0.25, 0.3) is 0 Å². The Labute approximate surface area is 189 Å². The average molecular weight is 461 g/mol.